The summed E-state index contributed by atoms with van der Waals surface area (Å²) in [7, 11) is 0. The van der Waals surface area contributed by atoms with Crippen LogP contribution in [0.5, 0.6) is 0 Å². The number of amides is 4. The number of aryl methyl sites for hydroxylation is 1. The summed E-state index contributed by atoms with van der Waals surface area (Å²) in [5, 5.41) is 6.07. The molecule has 0 atom stereocenters. The van der Waals surface area contributed by atoms with Gasteiger partial charge in [0.1, 0.15) is 16.9 Å². The lowest BCUT2D eigenvalue weighted by Crippen LogP contribution is -2.62. The molecule has 1 aliphatic carbocycles. The molecule has 0 aromatic carbocycles. The molecule has 1 N–H and O–H groups in total. The SMILES string of the molecule is Cc1cc(CN2C(=O)NC(=O)C3(CCCC3)C2=O)no1. The maximum absolute atomic E-state index is 12.6. The number of carbonyl (C=O) groups is 3. The quantitative estimate of drug-likeness (QED) is 0.818. The zero-order valence-electron chi connectivity index (χ0n) is 11.1. The molecule has 2 heterocycles. The lowest BCUT2D eigenvalue weighted by atomic mass is 9.82. The summed E-state index contributed by atoms with van der Waals surface area (Å²) in [5.74, 6) is -0.265. The topological polar surface area (TPSA) is 92.5 Å². The molecular weight excluding hydrogens is 262 g/mol. The number of urea groups is 1. The molecule has 106 valence electrons. The smallest absolute Gasteiger partial charge is 0.331 e. The van der Waals surface area contributed by atoms with Crippen LogP contribution < -0.4 is 5.32 Å². The van der Waals surface area contributed by atoms with E-state index in [0.717, 1.165) is 17.7 Å². The third-order valence-electron chi connectivity index (χ3n) is 4.01. The summed E-state index contributed by atoms with van der Waals surface area (Å²) in [6, 6.07) is 0.983. The van der Waals surface area contributed by atoms with Crippen LogP contribution in [0.15, 0.2) is 10.6 Å². The van der Waals surface area contributed by atoms with Gasteiger partial charge in [-0.25, -0.2) is 4.79 Å². The maximum Gasteiger partial charge on any atom is 0.331 e. The van der Waals surface area contributed by atoms with Gasteiger partial charge in [0.2, 0.25) is 11.8 Å². The van der Waals surface area contributed by atoms with E-state index in [0.29, 0.717) is 24.3 Å². The lowest BCUT2D eigenvalue weighted by Gasteiger charge is -2.36. The molecule has 7 heteroatoms. The van der Waals surface area contributed by atoms with Crippen LogP contribution in [0.3, 0.4) is 0 Å². The Balaban J connectivity index is 1.88. The highest BCUT2D eigenvalue weighted by Gasteiger charge is 2.54. The van der Waals surface area contributed by atoms with Gasteiger partial charge >= 0.3 is 6.03 Å². The van der Waals surface area contributed by atoms with E-state index in [1.54, 1.807) is 13.0 Å². The van der Waals surface area contributed by atoms with Crippen molar-refractivity contribution in [3.63, 3.8) is 0 Å². The normalized spacial score (nSPS) is 21.6. The highest BCUT2D eigenvalue weighted by molar-refractivity contribution is 6.19. The van der Waals surface area contributed by atoms with Crippen LogP contribution in [0.2, 0.25) is 0 Å². The van der Waals surface area contributed by atoms with Gasteiger partial charge in [-0.05, 0) is 19.8 Å². The standard InChI is InChI=1S/C13H15N3O4/c1-8-6-9(15-20-8)7-16-11(18)13(4-2-3-5-13)10(17)14-12(16)19/h6H,2-5,7H2,1H3,(H,14,17,19). The zero-order valence-corrected chi connectivity index (χ0v) is 11.1. The van der Waals surface area contributed by atoms with Gasteiger partial charge < -0.3 is 4.52 Å². The monoisotopic (exact) mass is 277 g/mol. The molecule has 2 aliphatic rings. The summed E-state index contributed by atoms with van der Waals surface area (Å²) < 4.78 is 4.93. The second-order valence-corrected chi connectivity index (χ2v) is 5.37. The fourth-order valence-corrected chi connectivity index (χ4v) is 2.95. The Morgan fingerprint density at radius 2 is 2.05 bits per heavy atom. The fourth-order valence-electron chi connectivity index (χ4n) is 2.95. The second-order valence-electron chi connectivity index (χ2n) is 5.37. The molecule has 1 saturated heterocycles. The molecular formula is C13H15N3O4. The average molecular weight is 277 g/mol. The lowest BCUT2D eigenvalue weighted by molar-refractivity contribution is -0.151. The predicted molar refractivity (Wildman–Crippen MR) is 66.2 cm³/mol. The summed E-state index contributed by atoms with van der Waals surface area (Å²) >= 11 is 0. The van der Waals surface area contributed by atoms with Gasteiger partial charge in [-0.15, -0.1) is 0 Å². The average Bonchev–Trinajstić information content (AvgIpc) is 3.03. The Bertz CT molecular complexity index is 586. The highest BCUT2D eigenvalue weighted by atomic mass is 16.5. The number of rotatable bonds is 2. The van der Waals surface area contributed by atoms with E-state index in [4.69, 9.17) is 4.52 Å². The van der Waals surface area contributed by atoms with E-state index in [1.807, 2.05) is 0 Å². The van der Waals surface area contributed by atoms with Crippen molar-refractivity contribution < 1.29 is 18.9 Å². The molecule has 0 bridgehead atoms. The number of hydrogen-bond donors (Lipinski definition) is 1. The van der Waals surface area contributed by atoms with Crippen molar-refractivity contribution in [3.8, 4) is 0 Å². The van der Waals surface area contributed by atoms with Crippen LogP contribution >= 0.6 is 0 Å². The van der Waals surface area contributed by atoms with Crippen molar-refractivity contribution in [2.24, 2.45) is 5.41 Å². The van der Waals surface area contributed by atoms with Crippen LogP contribution in [0.25, 0.3) is 0 Å². The Labute approximate surface area is 115 Å². The van der Waals surface area contributed by atoms with E-state index < -0.39 is 23.3 Å². The summed E-state index contributed by atoms with van der Waals surface area (Å²) in [6.45, 7) is 1.76. The molecule has 1 spiro atoms. The van der Waals surface area contributed by atoms with Gasteiger partial charge in [0.15, 0.2) is 0 Å². The van der Waals surface area contributed by atoms with E-state index in [9.17, 15) is 14.4 Å². The minimum absolute atomic E-state index is 0.0248. The summed E-state index contributed by atoms with van der Waals surface area (Å²) in [4.78, 5) is 37.5. The van der Waals surface area contributed by atoms with Gasteiger partial charge in [-0.3, -0.25) is 19.8 Å². The van der Waals surface area contributed by atoms with Crippen molar-refractivity contribution in [1.29, 1.82) is 0 Å². The largest absolute Gasteiger partial charge is 0.361 e. The highest BCUT2D eigenvalue weighted by Crippen LogP contribution is 2.42. The number of carbonyl (C=O) groups excluding carboxylic acids is 3. The van der Waals surface area contributed by atoms with Crippen molar-refractivity contribution >= 4 is 17.8 Å². The first-order valence-corrected chi connectivity index (χ1v) is 6.62. The molecule has 1 aliphatic heterocycles. The minimum atomic E-state index is -1.06. The van der Waals surface area contributed by atoms with Gasteiger partial charge in [0.05, 0.1) is 6.54 Å². The van der Waals surface area contributed by atoms with Crippen molar-refractivity contribution in [1.82, 2.24) is 15.4 Å². The van der Waals surface area contributed by atoms with Crippen molar-refractivity contribution in [2.75, 3.05) is 0 Å². The van der Waals surface area contributed by atoms with Crippen LogP contribution in [0, 0.1) is 12.3 Å². The van der Waals surface area contributed by atoms with E-state index in [1.165, 1.54) is 0 Å². The molecule has 3 rings (SSSR count). The number of nitrogens with zero attached hydrogens (tertiary/aromatic N) is 2. The van der Waals surface area contributed by atoms with E-state index in [-0.39, 0.29) is 6.54 Å². The van der Waals surface area contributed by atoms with Crippen LogP contribution in [0.1, 0.15) is 37.1 Å². The number of barbiturate groups is 1. The second kappa shape index (κ2) is 4.43. The number of hydrogen-bond acceptors (Lipinski definition) is 5. The Morgan fingerprint density at radius 3 is 2.65 bits per heavy atom. The molecule has 1 aromatic rings. The van der Waals surface area contributed by atoms with Crippen molar-refractivity contribution in [3.05, 3.63) is 17.5 Å². The Hall–Kier alpha value is -2.18. The molecule has 2 fully saturated rings. The maximum atomic E-state index is 12.6. The third-order valence-corrected chi connectivity index (χ3v) is 4.01. The Kier molecular flexibility index (Phi) is 2.84. The first-order valence-electron chi connectivity index (χ1n) is 6.62. The van der Waals surface area contributed by atoms with E-state index >= 15 is 0 Å². The Morgan fingerprint density at radius 1 is 1.35 bits per heavy atom. The van der Waals surface area contributed by atoms with Crippen LogP contribution in [-0.4, -0.2) is 27.9 Å². The van der Waals surface area contributed by atoms with Gasteiger partial charge in [-0.2, -0.15) is 0 Å². The predicted octanol–water partition coefficient (Wildman–Crippen LogP) is 1.12. The van der Waals surface area contributed by atoms with Crippen LogP contribution in [0.4, 0.5) is 4.79 Å². The first-order chi connectivity index (χ1) is 9.53. The molecule has 7 nitrogen and oxygen atoms in total. The molecule has 1 aromatic heterocycles. The van der Waals surface area contributed by atoms with Gasteiger partial charge in [0, 0.05) is 6.07 Å². The summed E-state index contributed by atoms with van der Waals surface area (Å²) in [6.07, 6.45) is 2.65. The molecule has 1 saturated carbocycles. The number of aromatic nitrogens is 1. The molecule has 0 unspecified atom stereocenters. The first kappa shape index (κ1) is 12.8. The number of nitrogens with one attached hydrogen (secondary N) is 1. The van der Waals surface area contributed by atoms with Crippen molar-refractivity contribution in [2.45, 2.75) is 39.2 Å². The molecule has 4 amide bonds. The van der Waals surface area contributed by atoms with Gasteiger partial charge in [0.25, 0.3) is 0 Å². The fraction of sp³-hybridized carbons (Fsp3) is 0.538. The zero-order chi connectivity index (χ0) is 14.3. The van der Waals surface area contributed by atoms with Gasteiger partial charge in [-0.1, -0.05) is 18.0 Å². The molecule has 0 radical (unpaired) electrons. The van der Waals surface area contributed by atoms with E-state index in [2.05, 4.69) is 10.5 Å². The summed E-state index contributed by atoms with van der Waals surface area (Å²) in [5.41, 5.74) is -0.569. The molecule has 20 heavy (non-hydrogen) atoms. The minimum Gasteiger partial charge on any atom is -0.361 e. The third kappa shape index (κ3) is 1.81. The number of imide groups is 2. The van der Waals surface area contributed by atoms with Crippen LogP contribution in [-0.2, 0) is 16.1 Å².